The van der Waals surface area contributed by atoms with Crippen LogP contribution in [0.2, 0.25) is 0 Å². The first-order valence-electron chi connectivity index (χ1n) is 6.13. The molecule has 0 bridgehead atoms. The van der Waals surface area contributed by atoms with Crippen molar-refractivity contribution < 1.29 is 4.74 Å². The molecule has 1 aromatic rings. The van der Waals surface area contributed by atoms with Crippen molar-refractivity contribution in [3.63, 3.8) is 0 Å². The molecule has 1 unspecified atom stereocenters. The van der Waals surface area contributed by atoms with E-state index in [0.29, 0.717) is 0 Å². The standard InChI is InChI=1S/C10H20N6OS/c1-11-3-4-16-10(12-13-14-16)18-8-9-7-15(2)5-6-17-9/h9,11H,3-8H2,1-2H3. The van der Waals surface area contributed by atoms with Gasteiger partial charge in [0.05, 0.1) is 19.3 Å². The van der Waals surface area contributed by atoms with Crippen LogP contribution in [0.3, 0.4) is 0 Å². The predicted octanol–water partition coefficient (Wildman–Crippen LogP) is -0.685. The summed E-state index contributed by atoms with van der Waals surface area (Å²) in [6.45, 7) is 4.46. The van der Waals surface area contributed by atoms with Crippen LogP contribution in [0.5, 0.6) is 0 Å². The minimum atomic E-state index is 0.267. The predicted molar refractivity (Wildman–Crippen MR) is 69.7 cm³/mol. The first-order chi connectivity index (χ1) is 8.79. The number of hydrogen-bond acceptors (Lipinski definition) is 7. The molecule has 1 aromatic heterocycles. The van der Waals surface area contributed by atoms with Crippen LogP contribution in [0, 0.1) is 0 Å². The third-order valence-corrected chi connectivity index (χ3v) is 3.90. The highest BCUT2D eigenvalue weighted by atomic mass is 32.2. The Morgan fingerprint density at radius 3 is 3.22 bits per heavy atom. The van der Waals surface area contributed by atoms with E-state index in [-0.39, 0.29) is 6.10 Å². The summed E-state index contributed by atoms with van der Waals surface area (Å²) in [6, 6.07) is 0. The minimum absolute atomic E-state index is 0.267. The first-order valence-corrected chi connectivity index (χ1v) is 7.12. The first kappa shape index (κ1) is 13.7. The van der Waals surface area contributed by atoms with E-state index in [0.717, 1.165) is 43.7 Å². The summed E-state index contributed by atoms with van der Waals surface area (Å²) in [6.07, 6.45) is 0.267. The Labute approximate surface area is 111 Å². The van der Waals surface area contributed by atoms with Crippen LogP contribution >= 0.6 is 11.8 Å². The normalized spacial score (nSPS) is 21.3. The molecular weight excluding hydrogens is 252 g/mol. The van der Waals surface area contributed by atoms with Gasteiger partial charge >= 0.3 is 0 Å². The Bertz CT molecular complexity index is 360. The van der Waals surface area contributed by atoms with Gasteiger partial charge < -0.3 is 15.0 Å². The number of hydrogen-bond donors (Lipinski definition) is 1. The summed E-state index contributed by atoms with van der Waals surface area (Å²) in [4.78, 5) is 2.29. The van der Waals surface area contributed by atoms with Gasteiger partial charge in [0.2, 0.25) is 5.16 Å². The lowest BCUT2D eigenvalue weighted by atomic mass is 10.3. The summed E-state index contributed by atoms with van der Waals surface area (Å²) in [5.41, 5.74) is 0. The molecule has 2 rings (SSSR count). The van der Waals surface area contributed by atoms with Gasteiger partial charge in [-0.1, -0.05) is 11.8 Å². The monoisotopic (exact) mass is 272 g/mol. The zero-order valence-corrected chi connectivity index (χ0v) is 11.7. The fourth-order valence-electron chi connectivity index (χ4n) is 1.79. The second-order valence-corrected chi connectivity index (χ2v) is 5.34. The van der Waals surface area contributed by atoms with Gasteiger partial charge in [0.1, 0.15) is 0 Å². The van der Waals surface area contributed by atoms with Crippen LogP contribution in [0.4, 0.5) is 0 Å². The van der Waals surface area contributed by atoms with Crippen molar-refractivity contribution >= 4 is 11.8 Å². The Morgan fingerprint density at radius 1 is 1.56 bits per heavy atom. The van der Waals surface area contributed by atoms with Gasteiger partial charge in [-0.25, -0.2) is 4.68 Å². The molecule has 18 heavy (non-hydrogen) atoms. The Hall–Kier alpha value is -0.700. The van der Waals surface area contributed by atoms with Gasteiger partial charge in [-0.3, -0.25) is 0 Å². The van der Waals surface area contributed by atoms with Gasteiger partial charge in [0.15, 0.2) is 0 Å². The molecule has 0 amide bonds. The highest BCUT2D eigenvalue weighted by Crippen LogP contribution is 2.17. The molecule has 1 N–H and O–H groups in total. The summed E-state index contributed by atoms with van der Waals surface area (Å²) < 4.78 is 7.54. The maximum atomic E-state index is 5.71. The SMILES string of the molecule is CNCCn1nnnc1SCC1CN(C)CCO1. The van der Waals surface area contributed by atoms with E-state index in [4.69, 9.17) is 4.74 Å². The van der Waals surface area contributed by atoms with Crippen molar-refractivity contribution in [3.05, 3.63) is 0 Å². The highest BCUT2D eigenvalue weighted by molar-refractivity contribution is 7.99. The van der Waals surface area contributed by atoms with Gasteiger partial charge in [-0.2, -0.15) is 0 Å². The average molecular weight is 272 g/mol. The molecule has 1 saturated heterocycles. The van der Waals surface area contributed by atoms with E-state index in [2.05, 4.69) is 32.8 Å². The fourth-order valence-corrected chi connectivity index (χ4v) is 2.70. The van der Waals surface area contributed by atoms with Crippen LogP contribution in [-0.2, 0) is 11.3 Å². The number of rotatable bonds is 6. The lowest BCUT2D eigenvalue weighted by Gasteiger charge is -2.29. The second kappa shape index (κ2) is 7.03. The van der Waals surface area contributed by atoms with E-state index < -0.39 is 0 Å². The molecular formula is C10H20N6OS. The van der Waals surface area contributed by atoms with Gasteiger partial charge in [0, 0.05) is 25.4 Å². The van der Waals surface area contributed by atoms with Gasteiger partial charge in [0.25, 0.3) is 0 Å². The summed E-state index contributed by atoms with van der Waals surface area (Å²) >= 11 is 1.66. The molecule has 102 valence electrons. The number of aromatic nitrogens is 4. The number of nitrogens with one attached hydrogen (secondary N) is 1. The van der Waals surface area contributed by atoms with Crippen LogP contribution in [0.15, 0.2) is 5.16 Å². The summed E-state index contributed by atoms with van der Waals surface area (Å²) in [5.74, 6) is 0.893. The Kier molecular flexibility index (Phi) is 5.36. The lowest BCUT2D eigenvalue weighted by Crippen LogP contribution is -2.41. The van der Waals surface area contributed by atoms with E-state index in [1.807, 2.05) is 11.7 Å². The molecule has 1 aliphatic rings. The molecule has 0 radical (unpaired) electrons. The average Bonchev–Trinajstić information content (AvgIpc) is 2.81. The molecule has 1 fully saturated rings. The number of tetrazole rings is 1. The molecule has 1 atom stereocenters. The van der Waals surface area contributed by atoms with E-state index in [9.17, 15) is 0 Å². The van der Waals surface area contributed by atoms with Crippen molar-refractivity contribution in [3.8, 4) is 0 Å². The Morgan fingerprint density at radius 2 is 2.44 bits per heavy atom. The van der Waals surface area contributed by atoms with Crippen molar-refractivity contribution in [1.82, 2.24) is 30.4 Å². The van der Waals surface area contributed by atoms with Crippen molar-refractivity contribution in [2.75, 3.05) is 46.1 Å². The van der Waals surface area contributed by atoms with E-state index >= 15 is 0 Å². The quantitative estimate of drug-likeness (QED) is 0.688. The lowest BCUT2D eigenvalue weighted by molar-refractivity contribution is -0.00602. The van der Waals surface area contributed by atoms with Gasteiger partial charge in [-0.15, -0.1) is 5.10 Å². The molecule has 8 heteroatoms. The zero-order chi connectivity index (χ0) is 12.8. The fraction of sp³-hybridized carbons (Fsp3) is 0.900. The molecule has 0 aliphatic carbocycles. The molecule has 0 aromatic carbocycles. The number of ether oxygens (including phenoxy) is 1. The van der Waals surface area contributed by atoms with Crippen LogP contribution in [-0.4, -0.2) is 77.3 Å². The Balaban J connectivity index is 1.80. The number of likely N-dealkylation sites (N-methyl/N-ethyl adjacent to an activating group) is 2. The summed E-state index contributed by atoms with van der Waals surface area (Å²) in [7, 11) is 4.04. The summed E-state index contributed by atoms with van der Waals surface area (Å²) in [5, 5.41) is 15.7. The molecule has 0 saturated carbocycles. The van der Waals surface area contributed by atoms with E-state index in [1.54, 1.807) is 11.8 Å². The van der Waals surface area contributed by atoms with Gasteiger partial charge in [-0.05, 0) is 24.5 Å². The third kappa shape index (κ3) is 3.91. The number of nitrogens with zero attached hydrogens (tertiary/aromatic N) is 5. The van der Waals surface area contributed by atoms with Crippen LogP contribution in [0.25, 0.3) is 0 Å². The highest BCUT2D eigenvalue weighted by Gasteiger charge is 2.19. The van der Waals surface area contributed by atoms with Crippen molar-refractivity contribution in [1.29, 1.82) is 0 Å². The third-order valence-electron chi connectivity index (χ3n) is 2.81. The largest absolute Gasteiger partial charge is 0.375 e. The van der Waals surface area contributed by atoms with E-state index in [1.165, 1.54) is 0 Å². The molecule has 7 nitrogen and oxygen atoms in total. The molecule has 2 heterocycles. The minimum Gasteiger partial charge on any atom is -0.375 e. The van der Waals surface area contributed by atoms with Crippen molar-refractivity contribution in [2.24, 2.45) is 0 Å². The smallest absolute Gasteiger partial charge is 0.209 e. The van der Waals surface area contributed by atoms with Crippen LogP contribution < -0.4 is 5.32 Å². The zero-order valence-electron chi connectivity index (χ0n) is 10.9. The van der Waals surface area contributed by atoms with Crippen molar-refractivity contribution in [2.45, 2.75) is 17.8 Å². The topological polar surface area (TPSA) is 68.1 Å². The maximum absolute atomic E-state index is 5.71. The second-order valence-electron chi connectivity index (χ2n) is 4.35. The molecule has 1 aliphatic heterocycles. The maximum Gasteiger partial charge on any atom is 0.209 e. The number of thioether (sulfide) groups is 1. The molecule has 0 spiro atoms. The van der Waals surface area contributed by atoms with Crippen LogP contribution in [0.1, 0.15) is 0 Å². The number of morpholine rings is 1.